The van der Waals surface area contributed by atoms with E-state index in [2.05, 4.69) is 59.3 Å². The molecule has 1 heterocycles. The van der Waals surface area contributed by atoms with E-state index in [0.717, 1.165) is 0 Å². The zero-order valence-corrected chi connectivity index (χ0v) is 14.1. The molecule has 5 rings (SSSR count). The van der Waals surface area contributed by atoms with Crippen LogP contribution >= 0.6 is 0 Å². The number of rotatable bonds is 1. The van der Waals surface area contributed by atoms with Gasteiger partial charge in [0.25, 0.3) is 0 Å². The highest BCUT2D eigenvalue weighted by Gasteiger charge is 2.28. The van der Waals surface area contributed by atoms with E-state index in [1.807, 2.05) is 6.20 Å². The molecule has 0 bridgehead atoms. The predicted molar refractivity (Wildman–Crippen MR) is 97.3 cm³/mol. The van der Waals surface area contributed by atoms with E-state index in [1.165, 1.54) is 54.5 Å². The van der Waals surface area contributed by atoms with Gasteiger partial charge in [-0.3, -0.25) is 4.68 Å². The van der Waals surface area contributed by atoms with Crippen molar-refractivity contribution in [1.82, 2.24) is 9.78 Å². The van der Waals surface area contributed by atoms with Crippen molar-refractivity contribution in [3.05, 3.63) is 76.6 Å². The minimum absolute atomic E-state index is 0.503. The maximum absolute atomic E-state index is 4.40. The van der Waals surface area contributed by atoms with Crippen molar-refractivity contribution in [3.8, 4) is 11.1 Å². The fourth-order valence-corrected chi connectivity index (χ4v) is 4.80. The summed E-state index contributed by atoms with van der Waals surface area (Å²) in [6, 6.07) is 15.9. The van der Waals surface area contributed by atoms with Gasteiger partial charge >= 0.3 is 0 Å². The number of aryl methyl sites for hydroxylation is 2. The second-order valence-electron chi connectivity index (χ2n) is 7.14. The predicted octanol–water partition coefficient (Wildman–Crippen LogP) is 4.65. The van der Waals surface area contributed by atoms with E-state index in [0.29, 0.717) is 5.92 Å². The molecular weight excluding hydrogens is 292 g/mol. The van der Waals surface area contributed by atoms with Gasteiger partial charge in [-0.15, -0.1) is 0 Å². The SMILES string of the molecule is Cn1nccc1C1CCCc2c1ccc1c2CCc2ccccc2-1. The first-order chi connectivity index (χ1) is 11.8. The van der Waals surface area contributed by atoms with Crippen molar-refractivity contribution in [2.24, 2.45) is 7.05 Å². The van der Waals surface area contributed by atoms with Crippen molar-refractivity contribution >= 4 is 0 Å². The molecule has 0 saturated heterocycles. The Hall–Kier alpha value is -2.35. The van der Waals surface area contributed by atoms with E-state index in [1.54, 1.807) is 16.7 Å². The topological polar surface area (TPSA) is 17.8 Å². The first-order valence-corrected chi connectivity index (χ1v) is 9.04. The molecule has 120 valence electrons. The third-order valence-electron chi connectivity index (χ3n) is 5.93. The molecular formula is C22H22N2. The average Bonchev–Trinajstić information content (AvgIpc) is 3.06. The van der Waals surface area contributed by atoms with Crippen LogP contribution in [0, 0.1) is 0 Å². The minimum Gasteiger partial charge on any atom is -0.272 e. The van der Waals surface area contributed by atoms with Crippen molar-refractivity contribution in [2.45, 2.75) is 38.0 Å². The number of hydrogen-bond acceptors (Lipinski definition) is 1. The van der Waals surface area contributed by atoms with E-state index >= 15 is 0 Å². The molecule has 2 aliphatic carbocycles. The Bertz CT molecular complexity index is 919. The molecule has 1 aromatic heterocycles. The van der Waals surface area contributed by atoms with Gasteiger partial charge in [-0.25, -0.2) is 0 Å². The molecule has 0 amide bonds. The maximum atomic E-state index is 4.40. The summed E-state index contributed by atoms with van der Waals surface area (Å²) in [6.45, 7) is 0. The summed E-state index contributed by atoms with van der Waals surface area (Å²) < 4.78 is 2.05. The van der Waals surface area contributed by atoms with Crippen LogP contribution in [0.25, 0.3) is 11.1 Å². The van der Waals surface area contributed by atoms with Crippen LogP contribution in [0.15, 0.2) is 48.7 Å². The molecule has 0 radical (unpaired) electrons. The second kappa shape index (κ2) is 5.34. The third-order valence-corrected chi connectivity index (χ3v) is 5.93. The summed E-state index contributed by atoms with van der Waals surface area (Å²) >= 11 is 0. The van der Waals surface area contributed by atoms with Crippen LogP contribution in [0.5, 0.6) is 0 Å². The number of fused-ring (bicyclic) bond motifs is 5. The van der Waals surface area contributed by atoms with Crippen LogP contribution in [0.2, 0.25) is 0 Å². The Balaban J connectivity index is 1.68. The highest BCUT2D eigenvalue weighted by molar-refractivity contribution is 5.75. The van der Waals surface area contributed by atoms with Gasteiger partial charge in [-0.2, -0.15) is 5.10 Å². The molecule has 0 fully saturated rings. The standard InChI is InChI=1S/C22H22N2/c1-24-22(13-14-23-24)21-8-4-7-17-19-10-9-15-5-2-3-6-16(15)18(19)11-12-20(17)21/h2-3,5-6,11-14,21H,4,7-10H2,1H3. The van der Waals surface area contributed by atoms with Gasteiger partial charge in [0, 0.05) is 24.9 Å². The molecule has 2 nitrogen and oxygen atoms in total. The number of nitrogens with zero attached hydrogens (tertiary/aromatic N) is 2. The zero-order chi connectivity index (χ0) is 16.1. The summed E-state index contributed by atoms with van der Waals surface area (Å²) in [5, 5.41) is 4.40. The molecule has 0 N–H and O–H groups in total. The first-order valence-electron chi connectivity index (χ1n) is 9.04. The zero-order valence-electron chi connectivity index (χ0n) is 14.1. The van der Waals surface area contributed by atoms with Crippen LogP contribution in [0.1, 0.15) is 46.7 Å². The Morgan fingerprint density at radius 2 is 1.83 bits per heavy atom. The lowest BCUT2D eigenvalue weighted by molar-refractivity contribution is 0.567. The van der Waals surface area contributed by atoms with Crippen LogP contribution < -0.4 is 0 Å². The number of benzene rings is 2. The van der Waals surface area contributed by atoms with Gasteiger partial charge in [0.05, 0.1) is 0 Å². The smallest absolute Gasteiger partial charge is 0.0492 e. The molecule has 0 saturated carbocycles. The molecule has 0 spiro atoms. The molecule has 1 atom stereocenters. The molecule has 2 aromatic carbocycles. The van der Waals surface area contributed by atoms with E-state index < -0.39 is 0 Å². The van der Waals surface area contributed by atoms with Gasteiger partial charge in [0.2, 0.25) is 0 Å². The van der Waals surface area contributed by atoms with Gasteiger partial charge in [0.1, 0.15) is 0 Å². The summed E-state index contributed by atoms with van der Waals surface area (Å²) in [5.41, 5.74) is 10.6. The molecule has 0 aliphatic heterocycles. The summed E-state index contributed by atoms with van der Waals surface area (Å²) in [7, 11) is 2.07. The summed E-state index contributed by atoms with van der Waals surface area (Å²) in [6.07, 6.45) is 8.04. The summed E-state index contributed by atoms with van der Waals surface area (Å²) in [4.78, 5) is 0. The second-order valence-corrected chi connectivity index (χ2v) is 7.14. The summed E-state index contributed by atoms with van der Waals surface area (Å²) in [5.74, 6) is 0.503. The maximum Gasteiger partial charge on any atom is 0.0492 e. The number of aromatic nitrogens is 2. The lowest BCUT2D eigenvalue weighted by Crippen LogP contribution is -2.18. The minimum atomic E-state index is 0.503. The molecule has 1 unspecified atom stereocenters. The van der Waals surface area contributed by atoms with Gasteiger partial charge < -0.3 is 0 Å². The Labute approximate surface area is 143 Å². The van der Waals surface area contributed by atoms with Crippen LogP contribution in [0.4, 0.5) is 0 Å². The molecule has 2 heteroatoms. The normalized spacial score (nSPS) is 18.6. The Kier molecular flexibility index (Phi) is 3.12. The van der Waals surface area contributed by atoms with E-state index in [-0.39, 0.29) is 0 Å². The fraction of sp³-hybridized carbons (Fsp3) is 0.318. The lowest BCUT2D eigenvalue weighted by Gasteiger charge is -2.31. The van der Waals surface area contributed by atoms with Crippen LogP contribution in [-0.2, 0) is 26.3 Å². The molecule has 3 aromatic rings. The number of hydrogen-bond donors (Lipinski definition) is 0. The monoisotopic (exact) mass is 314 g/mol. The van der Waals surface area contributed by atoms with E-state index in [9.17, 15) is 0 Å². The van der Waals surface area contributed by atoms with Crippen molar-refractivity contribution in [1.29, 1.82) is 0 Å². The Morgan fingerprint density at radius 3 is 2.71 bits per heavy atom. The highest BCUT2D eigenvalue weighted by Crippen LogP contribution is 2.43. The Morgan fingerprint density at radius 1 is 0.917 bits per heavy atom. The average molecular weight is 314 g/mol. The third kappa shape index (κ3) is 1.99. The first kappa shape index (κ1) is 14.0. The molecule has 24 heavy (non-hydrogen) atoms. The van der Waals surface area contributed by atoms with Gasteiger partial charge in [0.15, 0.2) is 0 Å². The van der Waals surface area contributed by atoms with Crippen LogP contribution in [-0.4, -0.2) is 9.78 Å². The fourth-order valence-electron chi connectivity index (χ4n) is 4.80. The lowest BCUT2D eigenvalue weighted by atomic mass is 9.74. The van der Waals surface area contributed by atoms with Crippen LogP contribution in [0.3, 0.4) is 0 Å². The van der Waals surface area contributed by atoms with E-state index in [4.69, 9.17) is 0 Å². The molecule has 2 aliphatic rings. The highest BCUT2D eigenvalue weighted by atomic mass is 15.3. The largest absolute Gasteiger partial charge is 0.272 e. The van der Waals surface area contributed by atoms with Gasteiger partial charge in [-0.1, -0.05) is 36.4 Å². The van der Waals surface area contributed by atoms with Gasteiger partial charge in [-0.05, 0) is 71.6 Å². The van der Waals surface area contributed by atoms with Crippen molar-refractivity contribution in [2.75, 3.05) is 0 Å². The van der Waals surface area contributed by atoms with Crippen molar-refractivity contribution < 1.29 is 0 Å². The quantitative estimate of drug-likeness (QED) is 0.639. The van der Waals surface area contributed by atoms with Crippen molar-refractivity contribution in [3.63, 3.8) is 0 Å².